The van der Waals surface area contributed by atoms with Crippen LogP contribution in [0.1, 0.15) is 21.5 Å². The normalized spacial score (nSPS) is 10.1. The van der Waals surface area contributed by atoms with E-state index in [0.29, 0.717) is 11.1 Å². The van der Waals surface area contributed by atoms with Crippen LogP contribution >= 0.6 is 0 Å². The molecule has 2 aromatic carbocycles. The Hall–Kier alpha value is -2.89. The average Bonchev–Trinajstić information content (AvgIpc) is 2.45. The molecule has 6 nitrogen and oxygen atoms in total. The minimum atomic E-state index is -1.06. The van der Waals surface area contributed by atoms with Gasteiger partial charge in [0.1, 0.15) is 6.61 Å². The molecule has 0 fully saturated rings. The van der Waals surface area contributed by atoms with Crippen LogP contribution in [-0.4, -0.2) is 16.0 Å². The Labute approximate surface area is 120 Å². The number of rotatable bonds is 5. The quantitative estimate of drug-likeness (QED) is 0.673. The molecular formula is C15H13NO5. The Balaban J connectivity index is 2.29. The number of aryl methyl sites for hydroxylation is 1. The van der Waals surface area contributed by atoms with Crippen LogP contribution in [0, 0.1) is 17.0 Å². The minimum Gasteiger partial charge on any atom is -0.482 e. The maximum absolute atomic E-state index is 11.1. The van der Waals surface area contributed by atoms with Crippen molar-refractivity contribution < 1.29 is 19.6 Å². The molecule has 2 aromatic rings. The Morgan fingerprint density at radius 1 is 1.24 bits per heavy atom. The van der Waals surface area contributed by atoms with Gasteiger partial charge in [0.2, 0.25) is 0 Å². The molecule has 1 N–H and O–H groups in total. The predicted molar refractivity (Wildman–Crippen MR) is 75.6 cm³/mol. The maximum Gasteiger partial charge on any atom is 0.336 e. The van der Waals surface area contributed by atoms with Gasteiger partial charge in [0.25, 0.3) is 0 Å². The monoisotopic (exact) mass is 287 g/mol. The molecular weight excluding hydrogens is 274 g/mol. The molecule has 21 heavy (non-hydrogen) atoms. The number of aromatic carboxylic acids is 1. The number of carbonyl (C=O) groups is 1. The molecule has 0 radical (unpaired) electrons. The first-order valence-corrected chi connectivity index (χ1v) is 6.18. The van der Waals surface area contributed by atoms with Gasteiger partial charge in [-0.2, -0.15) is 0 Å². The second kappa shape index (κ2) is 6.04. The first-order valence-electron chi connectivity index (χ1n) is 6.18. The summed E-state index contributed by atoms with van der Waals surface area (Å²) in [4.78, 5) is 21.6. The van der Waals surface area contributed by atoms with Gasteiger partial charge in [0.15, 0.2) is 5.75 Å². The third kappa shape index (κ3) is 3.17. The first kappa shape index (κ1) is 14.5. The fourth-order valence-corrected chi connectivity index (χ4v) is 1.97. The van der Waals surface area contributed by atoms with Crippen molar-refractivity contribution in [2.24, 2.45) is 0 Å². The number of carboxylic acids is 1. The van der Waals surface area contributed by atoms with Gasteiger partial charge in [0, 0.05) is 11.6 Å². The van der Waals surface area contributed by atoms with Gasteiger partial charge < -0.3 is 9.84 Å². The lowest BCUT2D eigenvalue weighted by Crippen LogP contribution is -2.06. The second-order valence-electron chi connectivity index (χ2n) is 4.43. The molecule has 0 bridgehead atoms. The van der Waals surface area contributed by atoms with E-state index in [1.54, 1.807) is 37.3 Å². The van der Waals surface area contributed by atoms with Crippen LogP contribution in [0.5, 0.6) is 5.75 Å². The molecule has 0 saturated carbocycles. The lowest BCUT2D eigenvalue weighted by molar-refractivity contribution is -0.386. The molecule has 0 atom stereocenters. The highest BCUT2D eigenvalue weighted by molar-refractivity contribution is 5.89. The third-order valence-corrected chi connectivity index (χ3v) is 3.01. The summed E-state index contributed by atoms with van der Waals surface area (Å²) in [5.41, 5.74) is 1.07. The van der Waals surface area contributed by atoms with Crippen molar-refractivity contribution >= 4 is 11.7 Å². The van der Waals surface area contributed by atoms with Gasteiger partial charge in [-0.1, -0.05) is 30.3 Å². The van der Waals surface area contributed by atoms with Gasteiger partial charge in [-0.3, -0.25) is 10.1 Å². The Kier molecular flexibility index (Phi) is 4.18. The number of ether oxygens (including phenoxy) is 1. The molecule has 0 spiro atoms. The van der Waals surface area contributed by atoms with E-state index < -0.39 is 10.9 Å². The van der Waals surface area contributed by atoms with Crippen LogP contribution < -0.4 is 4.74 Å². The Morgan fingerprint density at radius 2 is 1.95 bits per heavy atom. The van der Waals surface area contributed by atoms with Crippen molar-refractivity contribution in [2.75, 3.05) is 0 Å². The van der Waals surface area contributed by atoms with Crippen LogP contribution in [-0.2, 0) is 6.61 Å². The van der Waals surface area contributed by atoms with Gasteiger partial charge >= 0.3 is 11.7 Å². The van der Waals surface area contributed by atoms with E-state index in [9.17, 15) is 14.9 Å². The van der Waals surface area contributed by atoms with Gasteiger partial charge in [0.05, 0.1) is 10.5 Å². The van der Waals surface area contributed by atoms with Crippen molar-refractivity contribution in [1.29, 1.82) is 0 Å². The van der Waals surface area contributed by atoms with Crippen molar-refractivity contribution in [1.82, 2.24) is 0 Å². The molecule has 6 heteroatoms. The number of hydrogen-bond acceptors (Lipinski definition) is 4. The van der Waals surface area contributed by atoms with Crippen molar-refractivity contribution in [3.05, 3.63) is 69.3 Å². The van der Waals surface area contributed by atoms with Gasteiger partial charge in [-0.25, -0.2) is 4.79 Å². The fourth-order valence-electron chi connectivity index (χ4n) is 1.97. The number of benzene rings is 2. The summed E-state index contributed by atoms with van der Waals surface area (Å²) < 4.78 is 5.50. The van der Waals surface area contributed by atoms with Crippen LogP contribution in [0.3, 0.4) is 0 Å². The highest BCUT2D eigenvalue weighted by atomic mass is 16.6. The van der Waals surface area contributed by atoms with Crippen LogP contribution in [0.25, 0.3) is 0 Å². The lowest BCUT2D eigenvalue weighted by Gasteiger charge is -2.11. The Morgan fingerprint density at radius 3 is 2.62 bits per heavy atom. The minimum absolute atomic E-state index is 0.0475. The highest BCUT2D eigenvalue weighted by Crippen LogP contribution is 2.31. The molecule has 0 heterocycles. The molecule has 2 rings (SSSR count). The summed E-state index contributed by atoms with van der Waals surface area (Å²) >= 11 is 0. The summed E-state index contributed by atoms with van der Waals surface area (Å²) in [6.07, 6.45) is 0. The third-order valence-electron chi connectivity index (χ3n) is 3.01. The molecule has 0 aliphatic carbocycles. The molecule has 0 aromatic heterocycles. The molecule has 0 aliphatic heterocycles. The predicted octanol–water partition coefficient (Wildman–Crippen LogP) is 3.18. The average molecular weight is 287 g/mol. The van der Waals surface area contributed by atoms with E-state index in [2.05, 4.69) is 0 Å². The van der Waals surface area contributed by atoms with Crippen LogP contribution in [0.15, 0.2) is 42.5 Å². The van der Waals surface area contributed by atoms with Gasteiger partial charge in [-0.15, -0.1) is 0 Å². The number of carboxylic acid groups (broad SMARTS) is 1. The summed E-state index contributed by atoms with van der Waals surface area (Å²) in [6, 6.07) is 11.0. The largest absolute Gasteiger partial charge is 0.482 e. The van der Waals surface area contributed by atoms with Crippen LogP contribution in [0.2, 0.25) is 0 Å². The number of nitro benzene ring substituents is 1. The molecule has 0 aliphatic rings. The zero-order valence-corrected chi connectivity index (χ0v) is 11.3. The van der Waals surface area contributed by atoms with Crippen molar-refractivity contribution in [3.63, 3.8) is 0 Å². The summed E-state index contributed by atoms with van der Waals surface area (Å²) in [7, 11) is 0. The zero-order valence-electron chi connectivity index (χ0n) is 11.3. The number of nitrogens with zero attached hydrogens (tertiary/aromatic N) is 1. The molecule has 0 unspecified atom stereocenters. The van der Waals surface area contributed by atoms with Gasteiger partial charge in [-0.05, 0) is 18.6 Å². The van der Waals surface area contributed by atoms with E-state index in [-0.39, 0.29) is 23.6 Å². The SMILES string of the molecule is Cc1cccc([N+](=O)[O-])c1OCc1ccccc1C(=O)O. The van der Waals surface area contributed by atoms with E-state index in [0.717, 1.165) is 0 Å². The number of para-hydroxylation sites is 1. The van der Waals surface area contributed by atoms with E-state index in [1.165, 1.54) is 12.1 Å². The Bertz CT molecular complexity index is 696. The first-order chi connectivity index (χ1) is 10.0. The molecule has 0 saturated heterocycles. The summed E-state index contributed by atoms with van der Waals surface area (Å²) in [5, 5.41) is 20.1. The van der Waals surface area contributed by atoms with Crippen molar-refractivity contribution in [3.8, 4) is 5.75 Å². The summed E-state index contributed by atoms with van der Waals surface area (Å²) in [5.74, 6) is -0.906. The van der Waals surface area contributed by atoms with E-state index >= 15 is 0 Å². The number of nitro groups is 1. The molecule has 0 amide bonds. The standard InChI is InChI=1S/C15H13NO5/c1-10-5-4-8-13(16(19)20)14(10)21-9-11-6-2-3-7-12(11)15(17)18/h2-8H,9H2,1H3,(H,17,18). The second-order valence-corrected chi connectivity index (χ2v) is 4.43. The fraction of sp³-hybridized carbons (Fsp3) is 0.133. The smallest absolute Gasteiger partial charge is 0.336 e. The zero-order chi connectivity index (χ0) is 15.4. The van der Waals surface area contributed by atoms with E-state index in [1.807, 2.05) is 0 Å². The topological polar surface area (TPSA) is 89.7 Å². The maximum atomic E-state index is 11.1. The molecule has 108 valence electrons. The number of hydrogen-bond donors (Lipinski definition) is 1. The highest BCUT2D eigenvalue weighted by Gasteiger charge is 2.18. The van der Waals surface area contributed by atoms with Crippen molar-refractivity contribution in [2.45, 2.75) is 13.5 Å². The lowest BCUT2D eigenvalue weighted by atomic mass is 10.1. The van der Waals surface area contributed by atoms with Crippen LogP contribution in [0.4, 0.5) is 5.69 Å². The summed E-state index contributed by atoms with van der Waals surface area (Å²) in [6.45, 7) is 1.65. The van der Waals surface area contributed by atoms with E-state index in [4.69, 9.17) is 9.84 Å².